The van der Waals surface area contributed by atoms with E-state index >= 15 is 0 Å². The van der Waals surface area contributed by atoms with E-state index in [1.807, 2.05) is 13.0 Å². The Balaban J connectivity index is 2.12. The first kappa shape index (κ1) is 16.3. The van der Waals surface area contributed by atoms with Crippen LogP contribution in [0.3, 0.4) is 0 Å². The van der Waals surface area contributed by atoms with E-state index < -0.39 is 5.91 Å². The molecule has 0 bridgehead atoms. The fraction of sp³-hybridized carbons (Fsp3) is 0.200. The van der Waals surface area contributed by atoms with Crippen LogP contribution < -0.4 is 14.9 Å². The number of hydrazone groups is 1. The summed E-state index contributed by atoms with van der Waals surface area (Å²) in [7, 11) is 1.59. The minimum atomic E-state index is -0.408. The molecular weight excluding hydrogens is 399 g/mol. The SMILES string of the molecule is CCOc1cc(/C=N\NC(=O)c2ccco2)cc(I)c1OC. The number of benzene rings is 1. The van der Waals surface area contributed by atoms with Gasteiger partial charge in [0, 0.05) is 0 Å². The summed E-state index contributed by atoms with van der Waals surface area (Å²) < 4.78 is 16.7. The minimum Gasteiger partial charge on any atom is -0.492 e. The quantitative estimate of drug-likeness (QED) is 0.448. The molecule has 0 atom stereocenters. The van der Waals surface area contributed by atoms with Gasteiger partial charge in [0.2, 0.25) is 0 Å². The average Bonchev–Trinajstić information content (AvgIpc) is 3.01. The number of nitrogens with one attached hydrogen (secondary N) is 1. The van der Waals surface area contributed by atoms with Gasteiger partial charge in [0.25, 0.3) is 0 Å². The first-order valence-electron chi connectivity index (χ1n) is 6.53. The predicted molar refractivity (Wildman–Crippen MR) is 90.6 cm³/mol. The van der Waals surface area contributed by atoms with Gasteiger partial charge in [0.05, 0.1) is 29.8 Å². The maximum Gasteiger partial charge on any atom is 0.307 e. The molecule has 0 aliphatic heterocycles. The second-order valence-electron chi connectivity index (χ2n) is 4.14. The van der Waals surface area contributed by atoms with E-state index in [1.165, 1.54) is 12.5 Å². The maximum atomic E-state index is 11.7. The third kappa shape index (κ3) is 4.00. The second-order valence-corrected chi connectivity index (χ2v) is 5.31. The summed E-state index contributed by atoms with van der Waals surface area (Å²) in [5, 5.41) is 3.91. The van der Waals surface area contributed by atoms with Crippen molar-refractivity contribution in [2.45, 2.75) is 6.92 Å². The number of ether oxygens (including phenoxy) is 2. The molecule has 0 saturated heterocycles. The Morgan fingerprint density at radius 1 is 1.50 bits per heavy atom. The van der Waals surface area contributed by atoms with Crippen molar-refractivity contribution in [2.75, 3.05) is 13.7 Å². The zero-order chi connectivity index (χ0) is 15.9. The molecule has 2 rings (SSSR count). The molecule has 0 aliphatic carbocycles. The highest BCUT2D eigenvalue weighted by molar-refractivity contribution is 14.1. The van der Waals surface area contributed by atoms with Crippen molar-refractivity contribution in [3.8, 4) is 11.5 Å². The topological polar surface area (TPSA) is 73.1 Å². The van der Waals surface area contributed by atoms with E-state index in [9.17, 15) is 4.79 Å². The lowest BCUT2D eigenvalue weighted by molar-refractivity contribution is 0.0927. The van der Waals surface area contributed by atoms with Crippen LogP contribution in [0, 0.1) is 3.57 Å². The highest BCUT2D eigenvalue weighted by Gasteiger charge is 2.10. The van der Waals surface area contributed by atoms with Crippen LogP contribution in [0.4, 0.5) is 0 Å². The lowest BCUT2D eigenvalue weighted by atomic mass is 10.2. The summed E-state index contributed by atoms with van der Waals surface area (Å²) in [4.78, 5) is 11.7. The monoisotopic (exact) mass is 414 g/mol. The number of hydrogen-bond acceptors (Lipinski definition) is 5. The Bertz CT molecular complexity index is 668. The van der Waals surface area contributed by atoms with E-state index in [4.69, 9.17) is 13.9 Å². The average molecular weight is 414 g/mol. The van der Waals surface area contributed by atoms with Crippen LogP contribution in [0.25, 0.3) is 0 Å². The molecule has 0 unspecified atom stereocenters. The van der Waals surface area contributed by atoms with Gasteiger partial charge in [-0.25, -0.2) is 5.43 Å². The third-order valence-electron chi connectivity index (χ3n) is 2.66. The van der Waals surface area contributed by atoms with E-state index in [1.54, 1.807) is 25.3 Å². The van der Waals surface area contributed by atoms with Crippen LogP contribution >= 0.6 is 22.6 Å². The van der Waals surface area contributed by atoms with Gasteiger partial charge in [0.15, 0.2) is 17.3 Å². The van der Waals surface area contributed by atoms with Crippen molar-refractivity contribution in [3.05, 3.63) is 45.4 Å². The van der Waals surface area contributed by atoms with Gasteiger partial charge in [-0.05, 0) is 59.3 Å². The van der Waals surface area contributed by atoms with Crippen LogP contribution in [-0.2, 0) is 0 Å². The molecule has 1 N–H and O–H groups in total. The third-order valence-corrected chi connectivity index (χ3v) is 3.46. The van der Waals surface area contributed by atoms with Gasteiger partial charge in [-0.1, -0.05) is 0 Å². The highest BCUT2D eigenvalue weighted by atomic mass is 127. The Morgan fingerprint density at radius 3 is 2.95 bits per heavy atom. The molecule has 2 aromatic rings. The molecule has 0 saturated carbocycles. The van der Waals surface area contributed by atoms with E-state index in [2.05, 4.69) is 33.1 Å². The summed E-state index contributed by atoms with van der Waals surface area (Å²) in [6.45, 7) is 2.43. The first-order valence-corrected chi connectivity index (χ1v) is 7.60. The van der Waals surface area contributed by atoms with E-state index in [-0.39, 0.29) is 5.76 Å². The molecule has 22 heavy (non-hydrogen) atoms. The molecular formula is C15H15IN2O4. The van der Waals surface area contributed by atoms with Crippen LogP contribution in [0.1, 0.15) is 23.0 Å². The molecule has 0 fully saturated rings. The van der Waals surface area contributed by atoms with Crippen LogP contribution in [0.15, 0.2) is 40.0 Å². The Kier molecular flexibility index (Phi) is 5.82. The van der Waals surface area contributed by atoms with Crippen molar-refractivity contribution in [1.82, 2.24) is 5.43 Å². The van der Waals surface area contributed by atoms with Crippen LogP contribution in [0.2, 0.25) is 0 Å². The second kappa shape index (κ2) is 7.83. The van der Waals surface area contributed by atoms with Gasteiger partial charge >= 0.3 is 5.91 Å². The minimum absolute atomic E-state index is 0.205. The number of nitrogens with zero attached hydrogens (tertiary/aromatic N) is 1. The Labute approximate surface area is 141 Å². The standard InChI is InChI=1S/C15H15IN2O4/c1-3-21-13-8-10(7-11(16)14(13)20-2)9-17-18-15(19)12-5-4-6-22-12/h4-9H,3H2,1-2H3,(H,18,19)/b17-9-. The molecule has 0 aliphatic rings. The summed E-state index contributed by atoms with van der Waals surface area (Å²) >= 11 is 2.16. The van der Waals surface area contributed by atoms with Crippen molar-refractivity contribution in [3.63, 3.8) is 0 Å². The Hall–Kier alpha value is -2.03. The van der Waals surface area contributed by atoms with Crippen molar-refractivity contribution in [2.24, 2.45) is 5.10 Å². The molecule has 0 radical (unpaired) electrons. The number of furan rings is 1. The number of halogens is 1. The fourth-order valence-electron chi connectivity index (χ4n) is 1.75. The normalized spacial score (nSPS) is 10.7. The molecule has 6 nitrogen and oxygen atoms in total. The Morgan fingerprint density at radius 2 is 2.32 bits per heavy atom. The van der Waals surface area contributed by atoms with Gasteiger partial charge < -0.3 is 13.9 Å². The molecule has 116 valence electrons. The van der Waals surface area contributed by atoms with Gasteiger partial charge in [-0.2, -0.15) is 5.10 Å². The number of methoxy groups -OCH3 is 1. The summed E-state index contributed by atoms with van der Waals surface area (Å²) in [6, 6.07) is 6.88. The summed E-state index contributed by atoms with van der Waals surface area (Å²) in [6.07, 6.45) is 2.96. The highest BCUT2D eigenvalue weighted by Crippen LogP contribution is 2.33. The van der Waals surface area contributed by atoms with Crippen molar-refractivity contribution in [1.29, 1.82) is 0 Å². The maximum absolute atomic E-state index is 11.7. The van der Waals surface area contributed by atoms with Gasteiger partial charge in [0.1, 0.15) is 0 Å². The van der Waals surface area contributed by atoms with Crippen molar-refractivity contribution < 1.29 is 18.7 Å². The molecule has 1 aromatic heterocycles. The lowest BCUT2D eigenvalue weighted by Crippen LogP contribution is -2.16. The molecule has 7 heteroatoms. The number of carbonyl (C=O) groups is 1. The summed E-state index contributed by atoms with van der Waals surface area (Å²) in [5.74, 6) is 1.11. The summed E-state index contributed by atoms with van der Waals surface area (Å²) in [5.41, 5.74) is 3.18. The zero-order valence-corrected chi connectivity index (χ0v) is 14.3. The number of amides is 1. The number of hydrogen-bond donors (Lipinski definition) is 1. The predicted octanol–water partition coefficient (Wildman–Crippen LogP) is 3.06. The zero-order valence-electron chi connectivity index (χ0n) is 12.1. The van der Waals surface area contributed by atoms with Gasteiger partial charge in [-0.3, -0.25) is 4.79 Å². The van der Waals surface area contributed by atoms with E-state index in [0.717, 1.165) is 9.13 Å². The lowest BCUT2D eigenvalue weighted by Gasteiger charge is -2.11. The largest absolute Gasteiger partial charge is 0.492 e. The number of rotatable bonds is 6. The van der Waals surface area contributed by atoms with Gasteiger partial charge in [-0.15, -0.1) is 0 Å². The molecule has 1 heterocycles. The number of carbonyl (C=O) groups excluding carboxylic acids is 1. The first-order chi connectivity index (χ1) is 10.7. The molecule has 1 aromatic carbocycles. The van der Waals surface area contributed by atoms with Crippen LogP contribution in [0.5, 0.6) is 11.5 Å². The van der Waals surface area contributed by atoms with E-state index in [0.29, 0.717) is 18.1 Å². The smallest absolute Gasteiger partial charge is 0.307 e. The molecule has 0 spiro atoms. The molecule has 1 amide bonds. The van der Waals surface area contributed by atoms with Crippen molar-refractivity contribution >= 4 is 34.7 Å². The fourth-order valence-corrected chi connectivity index (χ4v) is 2.60. The van der Waals surface area contributed by atoms with Crippen LogP contribution in [-0.4, -0.2) is 25.8 Å².